The van der Waals surface area contributed by atoms with Crippen molar-refractivity contribution in [3.8, 4) is 6.07 Å². The Morgan fingerprint density at radius 3 is 2.82 bits per heavy atom. The van der Waals surface area contributed by atoms with E-state index in [0.29, 0.717) is 24.7 Å². The Labute approximate surface area is 103 Å². The molecule has 1 aromatic rings. The number of nitriles is 1. The third-order valence-electron chi connectivity index (χ3n) is 2.29. The summed E-state index contributed by atoms with van der Waals surface area (Å²) < 4.78 is 7.09. The SMILES string of the molecule is C=Nc1c(C#N)cnn1COCC[Si](C)(C)C. The molecular formula is C11H18N4OSi. The van der Waals surface area contributed by atoms with Gasteiger partial charge in [-0.15, -0.1) is 0 Å². The number of rotatable bonds is 6. The third-order valence-corrected chi connectivity index (χ3v) is 4.00. The smallest absolute Gasteiger partial charge is 0.170 e. The fourth-order valence-corrected chi connectivity index (χ4v) is 2.01. The van der Waals surface area contributed by atoms with Gasteiger partial charge in [0.15, 0.2) is 5.82 Å². The number of aliphatic imine (C=N–C) groups is 1. The van der Waals surface area contributed by atoms with E-state index in [9.17, 15) is 0 Å². The van der Waals surface area contributed by atoms with Crippen LogP contribution in [0.5, 0.6) is 0 Å². The monoisotopic (exact) mass is 250 g/mol. The number of hydrogen-bond acceptors (Lipinski definition) is 4. The predicted octanol–water partition coefficient (Wildman–Crippen LogP) is 2.40. The van der Waals surface area contributed by atoms with E-state index < -0.39 is 8.07 Å². The highest BCUT2D eigenvalue weighted by molar-refractivity contribution is 6.76. The molecule has 0 bridgehead atoms. The van der Waals surface area contributed by atoms with E-state index in [-0.39, 0.29) is 0 Å². The van der Waals surface area contributed by atoms with Gasteiger partial charge in [-0.1, -0.05) is 19.6 Å². The lowest BCUT2D eigenvalue weighted by molar-refractivity contribution is 0.0798. The first kappa shape index (κ1) is 13.6. The summed E-state index contributed by atoms with van der Waals surface area (Å²) in [5.74, 6) is 0.473. The van der Waals surface area contributed by atoms with E-state index >= 15 is 0 Å². The van der Waals surface area contributed by atoms with Gasteiger partial charge in [-0.05, 0) is 12.8 Å². The van der Waals surface area contributed by atoms with Crippen LogP contribution in [0.3, 0.4) is 0 Å². The van der Waals surface area contributed by atoms with Crippen molar-refractivity contribution in [3.63, 3.8) is 0 Å². The van der Waals surface area contributed by atoms with Gasteiger partial charge >= 0.3 is 0 Å². The lowest BCUT2D eigenvalue weighted by Gasteiger charge is -2.15. The Hall–Kier alpha value is -1.45. The van der Waals surface area contributed by atoms with Crippen LogP contribution in [0.25, 0.3) is 0 Å². The standard InChI is InChI=1S/C11H18N4OSi/c1-13-11-10(7-12)8-14-15(11)9-16-5-6-17(2,3)4/h8H,1,5-6,9H2,2-4H3. The van der Waals surface area contributed by atoms with Gasteiger partial charge in [-0.3, -0.25) is 0 Å². The summed E-state index contributed by atoms with van der Waals surface area (Å²) in [5, 5.41) is 12.9. The first-order valence-corrected chi connectivity index (χ1v) is 9.19. The lowest BCUT2D eigenvalue weighted by atomic mass is 10.4. The molecule has 5 nitrogen and oxygen atoms in total. The first-order chi connectivity index (χ1) is 7.98. The fraction of sp³-hybridized carbons (Fsp3) is 0.545. The zero-order valence-corrected chi connectivity index (χ0v) is 11.6. The maximum absolute atomic E-state index is 8.81. The number of hydrogen-bond donors (Lipinski definition) is 0. The summed E-state index contributed by atoms with van der Waals surface area (Å²) in [5.41, 5.74) is 0.425. The van der Waals surface area contributed by atoms with Crippen LogP contribution in [0, 0.1) is 11.3 Å². The minimum absolute atomic E-state index is 0.320. The van der Waals surface area contributed by atoms with Gasteiger partial charge in [0.1, 0.15) is 18.4 Å². The van der Waals surface area contributed by atoms with Crippen molar-refractivity contribution in [1.82, 2.24) is 9.78 Å². The summed E-state index contributed by atoms with van der Waals surface area (Å²) in [6.07, 6.45) is 1.48. The normalized spacial score (nSPS) is 11.2. The molecule has 1 heterocycles. The third kappa shape index (κ3) is 4.13. The van der Waals surface area contributed by atoms with E-state index in [1.165, 1.54) is 6.20 Å². The highest BCUT2D eigenvalue weighted by Crippen LogP contribution is 2.17. The Morgan fingerprint density at radius 1 is 1.59 bits per heavy atom. The minimum Gasteiger partial charge on any atom is -0.359 e. The second-order valence-electron chi connectivity index (χ2n) is 5.00. The van der Waals surface area contributed by atoms with E-state index in [0.717, 1.165) is 6.04 Å². The van der Waals surface area contributed by atoms with Crippen molar-refractivity contribution < 1.29 is 4.74 Å². The molecule has 17 heavy (non-hydrogen) atoms. The number of ether oxygens (including phenoxy) is 1. The number of aromatic nitrogens is 2. The molecule has 0 unspecified atom stereocenters. The van der Waals surface area contributed by atoms with Gasteiger partial charge in [0, 0.05) is 14.7 Å². The molecule has 0 aliphatic rings. The fourth-order valence-electron chi connectivity index (χ4n) is 1.25. The van der Waals surface area contributed by atoms with Crippen LogP contribution in [-0.4, -0.2) is 31.2 Å². The zero-order valence-electron chi connectivity index (χ0n) is 10.6. The molecule has 0 saturated heterocycles. The minimum atomic E-state index is -1.06. The van der Waals surface area contributed by atoms with E-state index in [4.69, 9.17) is 10.00 Å². The molecule has 0 aliphatic heterocycles. The molecule has 0 aliphatic carbocycles. The van der Waals surface area contributed by atoms with Crippen molar-refractivity contribution in [2.24, 2.45) is 4.99 Å². The van der Waals surface area contributed by atoms with Gasteiger partial charge < -0.3 is 4.74 Å². The van der Waals surface area contributed by atoms with Crippen LogP contribution < -0.4 is 0 Å². The molecule has 0 atom stereocenters. The van der Waals surface area contributed by atoms with Gasteiger partial charge in [0.25, 0.3) is 0 Å². The summed E-state index contributed by atoms with van der Waals surface area (Å²) >= 11 is 0. The van der Waals surface area contributed by atoms with Crippen molar-refractivity contribution in [1.29, 1.82) is 5.26 Å². The second kappa shape index (κ2) is 5.75. The average Bonchev–Trinajstić information content (AvgIpc) is 2.65. The lowest BCUT2D eigenvalue weighted by Crippen LogP contribution is -2.22. The van der Waals surface area contributed by atoms with E-state index in [1.54, 1.807) is 4.68 Å². The largest absolute Gasteiger partial charge is 0.359 e. The molecule has 0 aromatic carbocycles. The van der Waals surface area contributed by atoms with Crippen LogP contribution in [0.2, 0.25) is 25.7 Å². The van der Waals surface area contributed by atoms with Crippen molar-refractivity contribution in [3.05, 3.63) is 11.8 Å². The van der Waals surface area contributed by atoms with Crippen molar-refractivity contribution in [2.45, 2.75) is 32.4 Å². The van der Waals surface area contributed by atoms with Gasteiger partial charge in [0.2, 0.25) is 0 Å². The summed E-state index contributed by atoms with van der Waals surface area (Å²) in [6.45, 7) is 11.4. The average molecular weight is 250 g/mol. The van der Waals surface area contributed by atoms with Crippen LogP contribution in [0.4, 0.5) is 5.82 Å². The Bertz CT molecular complexity index is 428. The Balaban J connectivity index is 2.50. The quantitative estimate of drug-likeness (QED) is 0.442. The number of nitrogens with zero attached hydrogens (tertiary/aromatic N) is 4. The van der Waals surface area contributed by atoms with E-state index in [2.05, 4.69) is 36.4 Å². The molecule has 1 rings (SSSR count). The van der Waals surface area contributed by atoms with Crippen LogP contribution in [0.15, 0.2) is 11.2 Å². The maximum Gasteiger partial charge on any atom is 0.170 e. The molecule has 92 valence electrons. The topological polar surface area (TPSA) is 63.2 Å². The molecule has 0 N–H and O–H groups in total. The van der Waals surface area contributed by atoms with Crippen molar-refractivity contribution >= 4 is 20.6 Å². The van der Waals surface area contributed by atoms with Gasteiger partial charge in [0.05, 0.1) is 6.20 Å². The van der Waals surface area contributed by atoms with Crippen LogP contribution in [0.1, 0.15) is 5.56 Å². The Morgan fingerprint density at radius 2 is 2.29 bits per heavy atom. The summed E-state index contributed by atoms with van der Waals surface area (Å²) in [7, 11) is -1.06. The molecule has 6 heteroatoms. The van der Waals surface area contributed by atoms with Crippen molar-refractivity contribution in [2.75, 3.05) is 6.61 Å². The molecule has 0 radical (unpaired) electrons. The summed E-state index contributed by atoms with van der Waals surface area (Å²) in [4.78, 5) is 3.79. The molecule has 1 aromatic heterocycles. The molecular weight excluding hydrogens is 232 g/mol. The Kier molecular flexibility index (Phi) is 4.60. The zero-order chi connectivity index (χ0) is 12.9. The van der Waals surface area contributed by atoms with E-state index in [1.807, 2.05) is 6.07 Å². The molecule has 0 fully saturated rings. The van der Waals surface area contributed by atoms with Crippen LogP contribution >= 0.6 is 0 Å². The highest BCUT2D eigenvalue weighted by Gasteiger charge is 2.13. The highest BCUT2D eigenvalue weighted by atomic mass is 28.3. The predicted molar refractivity (Wildman–Crippen MR) is 70.3 cm³/mol. The molecule has 0 spiro atoms. The van der Waals surface area contributed by atoms with Crippen LogP contribution in [-0.2, 0) is 11.5 Å². The second-order valence-corrected chi connectivity index (χ2v) is 10.6. The molecule has 0 amide bonds. The maximum atomic E-state index is 8.81. The summed E-state index contributed by atoms with van der Waals surface area (Å²) in [6, 6.07) is 3.12. The van der Waals surface area contributed by atoms with Gasteiger partial charge in [-0.2, -0.15) is 10.4 Å². The molecule has 0 saturated carbocycles. The first-order valence-electron chi connectivity index (χ1n) is 5.48. The van der Waals surface area contributed by atoms with Gasteiger partial charge in [-0.25, -0.2) is 9.67 Å².